The molecule has 5 heteroatoms. The summed E-state index contributed by atoms with van der Waals surface area (Å²) in [6.45, 7) is 5.45. The van der Waals surface area contributed by atoms with E-state index in [-0.39, 0.29) is 0 Å². The summed E-state index contributed by atoms with van der Waals surface area (Å²) in [7, 11) is 1.93. The monoisotopic (exact) mass is 332 g/mol. The molecule has 0 radical (unpaired) electrons. The van der Waals surface area contributed by atoms with Crippen LogP contribution in [-0.2, 0) is 0 Å². The fraction of sp³-hybridized carbons (Fsp3) is 0.722. The molecule has 1 aromatic rings. The van der Waals surface area contributed by atoms with Crippen molar-refractivity contribution in [2.24, 2.45) is 22.7 Å². The van der Waals surface area contributed by atoms with E-state index in [1.54, 1.807) is 0 Å². The average molecular weight is 333 g/mol. The van der Waals surface area contributed by atoms with Crippen molar-refractivity contribution in [2.75, 3.05) is 44.7 Å². The second-order valence-corrected chi connectivity index (χ2v) is 8.12. The highest BCUT2D eigenvalue weighted by atomic mass is 32.1. The lowest BCUT2D eigenvalue weighted by molar-refractivity contribution is 0.354. The molecular weight excluding hydrogens is 304 g/mol. The number of aliphatic imine (C=N–C) groups is 1. The summed E-state index contributed by atoms with van der Waals surface area (Å²) in [5, 5.41) is 7.25. The molecule has 1 saturated heterocycles. The van der Waals surface area contributed by atoms with Crippen LogP contribution in [0.25, 0.3) is 0 Å². The van der Waals surface area contributed by atoms with Crippen LogP contribution in [0.2, 0.25) is 0 Å². The number of hydrogen-bond donors (Lipinski definition) is 1. The Morgan fingerprint density at radius 2 is 1.91 bits per heavy atom. The molecule has 0 amide bonds. The van der Waals surface area contributed by atoms with Gasteiger partial charge in [0.2, 0.25) is 0 Å². The van der Waals surface area contributed by atoms with Crippen molar-refractivity contribution >= 4 is 22.3 Å². The first-order valence-electron chi connectivity index (χ1n) is 9.09. The Bertz CT molecular complexity index is 513. The Kier molecular flexibility index (Phi) is 4.47. The lowest BCUT2D eigenvalue weighted by atomic mass is 9.98. The first-order valence-corrected chi connectivity index (χ1v) is 9.97. The van der Waals surface area contributed by atoms with Crippen LogP contribution in [0, 0.1) is 17.8 Å². The predicted octanol–water partition coefficient (Wildman–Crippen LogP) is 2.88. The SMILES string of the molecule is CN=C(NCC(C1CC1)C1CC1)N1CCN(c2cccs2)CC1. The highest BCUT2D eigenvalue weighted by Gasteiger charge is 2.41. The molecule has 1 aliphatic heterocycles. The molecule has 0 atom stereocenters. The van der Waals surface area contributed by atoms with Crippen molar-refractivity contribution in [2.45, 2.75) is 25.7 Å². The molecule has 3 aliphatic rings. The number of hydrogen-bond acceptors (Lipinski definition) is 3. The first-order chi connectivity index (χ1) is 11.3. The van der Waals surface area contributed by atoms with Crippen LogP contribution in [0.15, 0.2) is 22.5 Å². The summed E-state index contributed by atoms with van der Waals surface area (Å²) in [6.07, 6.45) is 5.84. The molecule has 3 fully saturated rings. The van der Waals surface area contributed by atoms with Crippen LogP contribution >= 0.6 is 11.3 Å². The Morgan fingerprint density at radius 3 is 2.43 bits per heavy atom. The van der Waals surface area contributed by atoms with E-state index in [9.17, 15) is 0 Å². The van der Waals surface area contributed by atoms with Gasteiger partial charge in [-0.2, -0.15) is 0 Å². The second kappa shape index (κ2) is 6.71. The van der Waals surface area contributed by atoms with Gasteiger partial charge in [0.25, 0.3) is 0 Å². The van der Waals surface area contributed by atoms with E-state index in [1.807, 2.05) is 18.4 Å². The third-order valence-electron chi connectivity index (χ3n) is 5.56. The highest BCUT2D eigenvalue weighted by Crippen LogP contribution is 2.48. The van der Waals surface area contributed by atoms with Gasteiger partial charge in [-0.25, -0.2) is 0 Å². The minimum absolute atomic E-state index is 0.902. The number of thiophene rings is 1. The third-order valence-corrected chi connectivity index (χ3v) is 6.49. The van der Waals surface area contributed by atoms with E-state index in [0.717, 1.165) is 56.4 Å². The maximum Gasteiger partial charge on any atom is 0.193 e. The van der Waals surface area contributed by atoms with E-state index in [4.69, 9.17) is 0 Å². The minimum Gasteiger partial charge on any atom is -0.360 e. The molecule has 2 saturated carbocycles. The normalized spacial score (nSPS) is 22.8. The van der Waals surface area contributed by atoms with Gasteiger partial charge in [-0.1, -0.05) is 0 Å². The summed E-state index contributed by atoms with van der Waals surface area (Å²) in [4.78, 5) is 9.47. The molecule has 2 aliphatic carbocycles. The van der Waals surface area contributed by atoms with Crippen LogP contribution in [0.5, 0.6) is 0 Å². The molecule has 0 aromatic carbocycles. The van der Waals surface area contributed by atoms with Gasteiger partial charge in [0.15, 0.2) is 5.96 Å². The maximum absolute atomic E-state index is 4.55. The zero-order valence-corrected chi connectivity index (χ0v) is 14.9. The molecule has 2 heterocycles. The van der Waals surface area contributed by atoms with Crippen molar-refractivity contribution in [1.29, 1.82) is 0 Å². The Labute approximate surface area is 143 Å². The van der Waals surface area contributed by atoms with Gasteiger partial charge in [0, 0.05) is 39.8 Å². The summed E-state index contributed by atoms with van der Waals surface area (Å²) in [6, 6.07) is 4.37. The topological polar surface area (TPSA) is 30.9 Å². The Hall–Kier alpha value is -1.23. The van der Waals surface area contributed by atoms with Crippen molar-refractivity contribution in [3.05, 3.63) is 17.5 Å². The summed E-state index contributed by atoms with van der Waals surface area (Å²) < 4.78 is 0. The van der Waals surface area contributed by atoms with Gasteiger partial charge in [-0.3, -0.25) is 4.99 Å². The maximum atomic E-state index is 4.55. The van der Waals surface area contributed by atoms with Crippen LogP contribution in [-0.4, -0.2) is 50.6 Å². The largest absolute Gasteiger partial charge is 0.360 e. The number of anilines is 1. The van der Waals surface area contributed by atoms with Crippen molar-refractivity contribution in [3.8, 4) is 0 Å². The van der Waals surface area contributed by atoms with Crippen LogP contribution in [0.4, 0.5) is 5.00 Å². The molecule has 0 unspecified atom stereocenters. The zero-order chi connectivity index (χ0) is 15.6. The summed E-state index contributed by atoms with van der Waals surface area (Å²) in [5.41, 5.74) is 0. The summed E-state index contributed by atoms with van der Waals surface area (Å²) >= 11 is 1.84. The van der Waals surface area contributed by atoms with Crippen molar-refractivity contribution in [1.82, 2.24) is 10.2 Å². The molecule has 1 aromatic heterocycles. The van der Waals surface area contributed by atoms with Gasteiger partial charge in [-0.15, -0.1) is 11.3 Å². The molecule has 126 valence electrons. The zero-order valence-electron chi connectivity index (χ0n) is 14.1. The molecule has 23 heavy (non-hydrogen) atoms. The quantitative estimate of drug-likeness (QED) is 0.664. The van der Waals surface area contributed by atoms with E-state index in [0.29, 0.717) is 0 Å². The fourth-order valence-corrected chi connectivity index (χ4v) is 4.68. The average Bonchev–Trinajstić information content (AvgIpc) is 3.52. The van der Waals surface area contributed by atoms with Gasteiger partial charge in [0.1, 0.15) is 0 Å². The van der Waals surface area contributed by atoms with Gasteiger partial charge < -0.3 is 15.1 Å². The van der Waals surface area contributed by atoms with E-state index in [2.05, 4.69) is 37.6 Å². The fourth-order valence-electron chi connectivity index (χ4n) is 3.90. The predicted molar refractivity (Wildman–Crippen MR) is 98.4 cm³/mol. The standard InChI is InChI=1S/C18H28N4S/c1-19-18(20-13-16(14-4-5-14)15-6-7-15)22-10-8-21(9-11-22)17-3-2-12-23-17/h2-3,12,14-16H,4-11,13H2,1H3,(H,19,20). The molecule has 4 nitrogen and oxygen atoms in total. The number of nitrogens with one attached hydrogen (secondary N) is 1. The smallest absolute Gasteiger partial charge is 0.193 e. The van der Waals surface area contributed by atoms with Gasteiger partial charge in [0.05, 0.1) is 5.00 Å². The Balaban J connectivity index is 1.28. The second-order valence-electron chi connectivity index (χ2n) is 7.19. The van der Waals surface area contributed by atoms with Crippen LogP contribution in [0.3, 0.4) is 0 Å². The van der Waals surface area contributed by atoms with Gasteiger partial charge in [-0.05, 0) is 60.9 Å². The molecule has 0 spiro atoms. The lowest BCUT2D eigenvalue weighted by Gasteiger charge is -2.37. The minimum atomic E-state index is 0.902. The number of guanidine groups is 1. The summed E-state index contributed by atoms with van der Waals surface area (Å²) in [5.74, 6) is 4.02. The Morgan fingerprint density at radius 1 is 1.22 bits per heavy atom. The van der Waals surface area contributed by atoms with E-state index in [1.165, 1.54) is 30.7 Å². The van der Waals surface area contributed by atoms with E-state index >= 15 is 0 Å². The van der Waals surface area contributed by atoms with Gasteiger partial charge >= 0.3 is 0 Å². The molecule has 4 rings (SSSR count). The number of rotatable bonds is 5. The lowest BCUT2D eigenvalue weighted by Crippen LogP contribution is -2.53. The van der Waals surface area contributed by atoms with Crippen molar-refractivity contribution in [3.63, 3.8) is 0 Å². The molecule has 1 N–H and O–H groups in total. The molecular formula is C18H28N4S. The number of piperazine rings is 1. The third kappa shape index (κ3) is 3.65. The first kappa shape index (κ1) is 15.3. The van der Waals surface area contributed by atoms with Crippen molar-refractivity contribution < 1.29 is 0 Å². The molecule has 0 bridgehead atoms. The number of nitrogens with zero attached hydrogens (tertiary/aromatic N) is 3. The highest BCUT2D eigenvalue weighted by molar-refractivity contribution is 7.14. The van der Waals surface area contributed by atoms with Crippen LogP contribution < -0.4 is 10.2 Å². The van der Waals surface area contributed by atoms with Crippen LogP contribution in [0.1, 0.15) is 25.7 Å². The van der Waals surface area contributed by atoms with E-state index < -0.39 is 0 Å².